The maximum absolute atomic E-state index is 14.7. The second-order valence-electron chi connectivity index (χ2n) is 6.85. The number of carbonyl (C=O) groups is 1. The number of β-amino-alcohol motifs (C(OH)–C–C–N with tert-alkyl or cyclic N) is 1. The first kappa shape index (κ1) is 20.3. The zero-order valence-corrected chi connectivity index (χ0v) is 16.8. The molecule has 0 bridgehead atoms. The topological polar surface area (TPSA) is 80.5 Å². The lowest BCUT2D eigenvalue weighted by Crippen LogP contribution is -2.48. The Labute approximate surface area is 175 Å². The third-order valence-electron chi connectivity index (χ3n) is 4.85. The summed E-state index contributed by atoms with van der Waals surface area (Å²) < 4.78 is 34.7. The van der Waals surface area contributed by atoms with E-state index in [0.29, 0.717) is 17.5 Å². The fourth-order valence-corrected chi connectivity index (χ4v) is 4.38. The smallest absolute Gasteiger partial charge is 0.237 e. The third-order valence-corrected chi connectivity index (χ3v) is 5.88. The van der Waals surface area contributed by atoms with Crippen molar-refractivity contribution in [2.45, 2.75) is 17.0 Å². The minimum absolute atomic E-state index is 0.138. The van der Waals surface area contributed by atoms with Crippen LogP contribution in [0.4, 0.5) is 14.5 Å². The highest BCUT2D eigenvalue weighted by atomic mass is 32.2. The number of hydrogen-bond acceptors (Lipinski definition) is 6. The molecule has 0 radical (unpaired) electrons. The standard InChI is InChI=1S/C20H18F2N4O3S/c1-29-14-3-5-17-18(7-14)30-8-19(27)26(17)10-20(28,9-25-12-23-11-24-25)15-4-2-13(21)6-16(15)22/h2-7,11-12,28H,8-10H2,1H3. The first-order valence-corrected chi connectivity index (χ1v) is 10.00. The normalized spacial score (nSPS) is 15.6. The van der Waals surface area contributed by atoms with Gasteiger partial charge in [-0.15, -0.1) is 11.8 Å². The van der Waals surface area contributed by atoms with Gasteiger partial charge in [0, 0.05) is 16.5 Å². The second-order valence-corrected chi connectivity index (χ2v) is 7.87. The summed E-state index contributed by atoms with van der Waals surface area (Å²) in [5.74, 6) is -1.12. The number of hydrogen-bond donors (Lipinski definition) is 1. The fourth-order valence-electron chi connectivity index (χ4n) is 3.42. The van der Waals surface area contributed by atoms with Crippen molar-refractivity contribution in [3.05, 3.63) is 66.3 Å². The highest BCUT2D eigenvalue weighted by Crippen LogP contribution is 2.40. The highest BCUT2D eigenvalue weighted by Gasteiger charge is 2.39. The Kier molecular flexibility index (Phi) is 5.44. The lowest BCUT2D eigenvalue weighted by Gasteiger charge is -2.37. The lowest BCUT2D eigenvalue weighted by molar-refractivity contribution is -0.117. The number of aliphatic hydroxyl groups is 1. The van der Waals surface area contributed by atoms with Crippen LogP contribution in [0.3, 0.4) is 0 Å². The number of aromatic nitrogens is 3. The van der Waals surface area contributed by atoms with Crippen LogP contribution in [0.1, 0.15) is 5.56 Å². The van der Waals surface area contributed by atoms with Gasteiger partial charge in [-0.05, 0) is 24.3 Å². The number of carbonyl (C=O) groups excluding carboxylic acids is 1. The van der Waals surface area contributed by atoms with E-state index in [4.69, 9.17) is 4.74 Å². The number of fused-ring (bicyclic) bond motifs is 1. The zero-order chi connectivity index (χ0) is 21.3. The molecule has 30 heavy (non-hydrogen) atoms. The number of halogens is 2. The molecule has 4 rings (SSSR count). The van der Waals surface area contributed by atoms with Crippen molar-refractivity contribution >= 4 is 23.4 Å². The quantitative estimate of drug-likeness (QED) is 0.645. The molecule has 1 amide bonds. The average Bonchev–Trinajstić information content (AvgIpc) is 3.22. The van der Waals surface area contributed by atoms with Crippen molar-refractivity contribution in [2.75, 3.05) is 24.3 Å². The number of anilines is 1. The number of methoxy groups -OCH3 is 1. The molecule has 2 heterocycles. The van der Waals surface area contributed by atoms with E-state index in [-0.39, 0.29) is 30.3 Å². The summed E-state index contributed by atoms with van der Waals surface area (Å²) >= 11 is 1.36. The molecule has 0 spiro atoms. The van der Waals surface area contributed by atoms with Gasteiger partial charge in [0.25, 0.3) is 0 Å². The van der Waals surface area contributed by atoms with E-state index in [0.717, 1.165) is 11.0 Å². The summed E-state index contributed by atoms with van der Waals surface area (Å²) in [5.41, 5.74) is -1.45. The predicted molar refractivity (Wildman–Crippen MR) is 106 cm³/mol. The summed E-state index contributed by atoms with van der Waals surface area (Å²) in [6.07, 6.45) is 2.66. The zero-order valence-electron chi connectivity index (χ0n) is 16.0. The molecule has 0 saturated carbocycles. The first-order valence-electron chi connectivity index (χ1n) is 9.01. The summed E-state index contributed by atoms with van der Waals surface area (Å²) in [6, 6.07) is 8.18. The molecule has 1 N–H and O–H groups in total. The van der Waals surface area contributed by atoms with E-state index in [2.05, 4.69) is 10.1 Å². The molecule has 10 heteroatoms. The van der Waals surface area contributed by atoms with E-state index < -0.39 is 17.2 Å². The van der Waals surface area contributed by atoms with Gasteiger partial charge in [-0.25, -0.2) is 18.4 Å². The van der Waals surface area contributed by atoms with Crippen molar-refractivity contribution in [2.24, 2.45) is 0 Å². The Hall–Kier alpha value is -2.98. The number of rotatable bonds is 6. The van der Waals surface area contributed by atoms with E-state index in [1.807, 2.05) is 0 Å². The molecule has 2 aromatic carbocycles. The summed E-state index contributed by atoms with van der Waals surface area (Å²) in [7, 11) is 1.55. The van der Waals surface area contributed by atoms with E-state index in [9.17, 15) is 18.7 Å². The first-order chi connectivity index (χ1) is 14.4. The van der Waals surface area contributed by atoms with Crippen molar-refractivity contribution in [3.63, 3.8) is 0 Å². The van der Waals surface area contributed by atoms with Crippen LogP contribution in [0.15, 0.2) is 53.9 Å². The second kappa shape index (κ2) is 8.04. The Bertz CT molecular complexity index is 1080. The van der Waals surface area contributed by atoms with Crippen molar-refractivity contribution in [3.8, 4) is 5.75 Å². The Balaban J connectivity index is 1.76. The Morgan fingerprint density at radius 2 is 2.07 bits per heavy atom. The minimum Gasteiger partial charge on any atom is -0.497 e. The van der Waals surface area contributed by atoms with E-state index in [1.54, 1.807) is 25.3 Å². The van der Waals surface area contributed by atoms with Crippen LogP contribution in [0, 0.1) is 11.6 Å². The summed E-state index contributed by atoms with van der Waals surface area (Å²) in [4.78, 5) is 18.8. The summed E-state index contributed by atoms with van der Waals surface area (Å²) in [6.45, 7) is -0.438. The van der Waals surface area contributed by atoms with Gasteiger partial charge in [0.1, 0.15) is 35.6 Å². The number of nitrogens with zero attached hydrogens (tertiary/aromatic N) is 4. The molecule has 3 aromatic rings. The maximum Gasteiger partial charge on any atom is 0.237 e. The molecular weight excluding hydrogens is 414 g/mol. The minimum atomic E-state index is -1.89. The molecule has 0 fully saturated rings. The maximum atomic E-state index is 14.7. The fraction of sp³-hybridized carbons (Fsp3) is 0.250. The SMILES string of the molecule is COc1ccc2c(c1)SCC(=O)N2CC(O)(Cn1cncn1)c1ccc(F)cc1F. The molecule has 1 aliphatic heterocycles. The molecule has 156 valence electrons. The Morgan fingerprint density at radius 3 is 2.77 bits per heavy atom. The van der Waals surface area contributed by atoms with Gasteiger partial charge < -0.3 is 14.7 Å². The third kappa shape index (κ3) is 3.88. The highest BCUT2D eigenvalue weighted by molar-refractivity contribution is 8.00. The van der Waals surface area contributed by atoms with Crippen LogP contribution in [0.5, 0.6) is 5.75 Å². The van der Waals surface area contributed by atoms with Gasteiger partial charge in [-0.3, -0.25) is 4.79 Å². The van der Waals surface area contributed by atoms with Gasteiger partial charge >= 0.3 is 0 Å². The lowest BCUT2D eigenvalue weighted by atomic mass is 9.92. The van der Waals surface area contributed by atoms with Crippen LogP contribution < -0.4 is 9.64 Å². The predicted octanol–water partition coefficient (Wildman–Crippen LogP) is 2.59. The van der Waals surface area contributed by atoms with E-state index >= 15 is 0 Å². The Morgan fingerprint density at radius 1 is 1.23 bits per heavy atom. The van der Waals surface area contributed by atoms with Crippen LogP contribution in [0.2, 0.25) is 0 Å². The van der Waals surface area contributed by atoms with Crippen molar-refractivity contribution in [1.29, 1.82) is 0 Å². The number of thioether (sulfide) groups is 1. The number of amides is 1. The average molecular weight is 432 g/mol. The number of ether oxygens (including phenoxy) is 1. The van der Waals surface area contributed by atoms with Crippen molar-refractivity contribution in [1.82, 2.24) is 14.8 Å². The van der Waals surface area contributed by atoms with Crippen molar-refractivity contribution < 1.29 is 23.4 Å². The molecule has 1 aliphatic rings. The number of benzene rings is 2. The van der Waals surface area contributed by atoms with Gasteiger partial charge in [-0.1, -0.05) is 6.07 Å². The van der Waals surface area contributed by atoms with Crippen LogP contribution >= 0.6 is 11.8 Å². The molecule has 1 unspecified atom stereocenters. The van der Waals surface area contributed by atoms with Crippen LogP contribution in [0.25, 0.3) is 0 Å². The largest absolute Gasteiger partial charge is 0.497 e. The van der Waals surface area contributed by atoms with Gasteiger partial charge in [0.2, 0.25) is 5.91 Å². The molecule has 0 saturated heterocycles. The van der Waals surface area contributed by atoms with Crippen LogP contribution in [-0.4, -0.2) is 45.2 Å². The molecule has 7 nitrogen and oxygen atoms in total. The molecule has 1 atom stereocenters. The van der Waals surface area contributed by atoms with E-state index in [1.165, 1.54) is 40.1 Å². The monoisotopic (exact) mass is 432 g/mol. The summed E-state index contributed by atoms with van der Waals surface area (Å²) in [5, 5.41) is 15.5. The van der Waals surface area contributed by atoms with Gasteiger partial charge in [0.15, 0.2) is 0 Å². The van der Waals surface area contributed by atoms with Gasteiger partial charge in [0.05, 0.1) is 31.6 Å². The molecular formula is C20H18F2N4O3S. The van der Waals surface area contributed by atoms with Crippen LogP contribution in [-0.2, 0) is 16.9 Å². The molecule has 1 aromatic heterocycles. The molecule has 0 aliphatic carbocycles. The van der Waals surface area contributed by atoms with Gasteiger partial charge in [-0.2, -0.15) is 5.10 Å².